The van der Waals surface area contributed by atoms with Crippen LogP contribution in [-0.4, -0.2) is 81.0 Å². The average molecular weight is 511 g/mol. The van der Waals surface area contributed by atoms with Gasteiger partial charge in [0.25, 0.3) is 5.91 Å². The highest BCUT2D eigenvalue weighted by Gasteiger charge is 2.34. The molecule has 0 saturated carbocycles. The van der Waals surface area contributed by atoms with Crippen molar-refractivity contribution >= 4 is 23.4 Å². The van der Waals surface area contributed by atoms with Crippen molar-refractivity contribution in [2.24, 2.45) is 5.92 Å². The van der Waals surface area contributed by atoms with Crippen LogP contribution >= 0.6 is 0 Å². The van der Waals surface area contributed by atoms with Gasteiger partial charge < -0.3 is 29.9 Å². The normalized spacial score (nSPS) is 15.1. The van der Waals surface area contributed by atoms with Crippen LogP contribution in [0.1, 0.15) is 36.2 Å². The lowest BCUT2D eigenvalue weighted by atomic mass is 10.1. The summed E-state index contributed by atoms with van der Waals surface area (Å²) >= 11 is 0. The summed E-state index contributed by atoms with van der Waals surface area (Å²) in [5.74, 6) is 0.519. The number of rotatable bonds is 13. The highest BCUT2D eigenvalue weighted by molar-refractivity contribution is 5.98. The van der Waals surface area contributed by atoms with Crippen LogP contribution in [0.5, 0.6) is 11.5 Å². The molecule has 0 radical (unpaired) electrons. The van der Waals surface area contributed by atoms with E-state index < -0.39 is 5.92 Å². The van der Waals surface area contributed by atoms with Crippen LogP contribution in [0.2, 0.25) is 0 Å². The van der Waals surface area contributed by atoms with Crippen LogP contribution in [0, 0.1) is 5.92 Å². The number of ether oxygens (including phenoxy) is 2. The molecule has 9 nitrogen and oxygen atoms in total. The average Bonchev–Trinajstić information content (AvgIpc) is 3.30. The summed E-state index contributed by atoms with van der Waals surface area (Å²) in [5.41, 5.74) is 2.16. The van der Waals surface area contributed by atoms with E-state index >= 15 is 0 Å². The van der Waals surface area contributed by atoms with E-state index in [0.717, 1.165) is 25.2 Å². The second-order valence-electron chi connectivity index (χ2n) is 9.03. The van der Waals surface area contributed by atoms with E-state index in [1.807, 2.05) is 18.2 Å². The smallest absolute Gasteiger partial charge is 0.251 e. The lowest BCUT2D eigenvalue weighted by Crippen LogP contribution is -2.34. The van der Waals surface area contributed by atoms with Crippen LogP contribution in [0.4, 0.5) is 5.69 Å². The Hall–Kier alpha value is -3.59. The lowest BCUT2D eigenvalue weighted by molar-refractivity contribution is -0.128. The molecule has 200 valence electrons. The molecule has 37 heavy (non-hydrogen) atoms. The molecular formula is C28H38N4O5. The number of methoxy groups -OCH3 is 2. The van der Waals surface area contributed by atoms with E-state index in [-0.39, 0.29) is 24.1 Å². The molecule has 1 aliphatic heterocycles. The fourth-order valence-corrected chi connectivity index (χ4v) is 4.38. The van der Waals surface area contributed by atoms with Gasteiger partial charge >= 0.3 is 0 Å². The number of anilines is 1. The number of nitrogens with one attached hydrogen (secondary N) is 2. The van der Waals surface area contributed by atoms with Gasteiger partial charge in [-0.2, -0.15) is 0 Å². The fourth-order valence-electron chi connectivity index (χ4n) is 4.38. The molecule has 0 spiro atoms. The van der Waals surface area contributed by atoms with E-state index in [1.165, 1.54) is 0 Å². The molecule has 3 rings (SSSR count). The van der Waals surface area contributed by atoms with Crippen LogP contribution in [-0.2, 0) is 16.0 Å². The van der Waals surface area contributed by atoms with Gasteiger partial charge in [-0.1, -0.05) is 19.9 Å². The maximum absolute atomic E-state index is 12.8. The van der Waals surface area contributed by atoms with E-state index in [0.29, 0.717) is 48.8 Å². The molecular weight excluding hydrogens is 472 g/mol. The standard InChI is InChI=1S/C28H38N4O5/c1-5-31(6-2)16-14-29-27(34)21-8-10-23(11-9-21)30-28(35)22-18-26(33)32(19-22)15-13-20-7-12-24(36-3)25(17-20)37-4/h7-12,17,22H,5-6,13-16,18-19H2,1-4H3,(H,29,34)(H,30,35)/t22-/m1/s1. The lowest BCUT2D eigenvalue weighted by Gasteiger charge is -2.18. The third kappa shape index (κ3) is 7.69. The molecule has 1 saturated heterocycles. The second-order valence-corrected chi connectivity index (χ2v) is 9.03. The first kappa shape index (κ1) is 28.0. The Bertz CT molecular complexity index is 1070. The minimum absolute atomic E-state index is 0.0302. The van der Waals surface area contributed by atoms with E-state index in [2.05, 4.69) is 29.4 Å². The van der Waals surface area contributed by atoms with Gasteiger partial charge in [0.05, 0.1) is 20.1 Å². The summed E-state index contributed by atoms with van der Waals surface area (Å²) < 4.78 is 10.6. The highest BCUT2D eigenvalue weighted by atomic mass is 16.5. The van der Waals surface area contributed by atoms with Crippen molar-refractivity contribution in [2.75, 3.05) is 58.8 Å². The van der Waals surface area contributed by atoms with Crippen LogP contribution in [0.25, 0.3) is 0 Å². The van der Waals surface area contributed by atoms with Gasteiger partial charge in [-0.05, 0) is 61.5 Å². The molecule has 0 aliphatic carbocycles. The van der Waals surface area contributed by atoms with Crippen molar-refractivity contribution in [3.8, 4) is 11.5 Å². The summed E-state index contributed by atoms with van der Waals surface area (Å²) in [6.07, 6.45) is 0.837. The van der Waals surface area contributed by atoms with Crippen molar-refractivity contribution in [3.05, 3.63) is 53.6 Å². The Morgan fingerprint density at radius 3 is 2.38 bits per heavy atom. The molecule has 0 aromatic heterocycles. The van der Waals surface area contributed by atoms with Crippen molar-refractivity contribution in [2.45, 2.75) is 26.7 Å². The van der Waals surface area contributed by atoms with Crippen molar-refractivity contribution in [3.63, 3.8) is 0 Å². The van der Waals surface area contributed by atoms with Gasteiger partial charge in [-0.3, -0.25) is 14.4 Å². The third-order valence-electron chi connectivity index (χ3n) is 6.73. The number of nitrogens with zero attached hydrogens (tertiary/aromatic N) is 2. The number of carbonyl (C=O) groups excluding carboxylic acids is 3. The molecule has 1 heterocycles. The van der Waals surface area contributed by atoms with Crippen LogP contribution < -0.4 is 20.1 Å². The molecule has 0 bridgehead atoms. The van der Waals surface area contributed by atoms with Gasteiger partial charge in [0.1, 0.15) is 0 Å². The van der Waals surface area contributed by atoms with Gasteiger partial charge in [0.15, 0.2) is 11.5 Å². The molecule has 0 unspecified atom stereocenters. The second kappa shape index (κ2) is 13.6. The van der Waals surface area contributed by atoms with Gasteiger partial charge in [-0.25, -0.2) is 0 Å². The molecule has 1 aliphatic rings. The van der Waals surface area contributed by atoms with E-state index in [1.54, 1.807) is 43.4 Å². The van der Waals surface area contributed by atoms with Crippen molar-refractivity contribution < 1.29 is 23.9 Å². The van der Waals surface area contributed by atoms with E-state index in [4.69, 9.17) is 9.47 Å². The maximum Gasteiger partial charge on any atom is 0.251 e. The summed E-state index contributed by atoms with van der Waals surface area (Å²) in [6, 6.07) is 12.5. The maximum atomic E-state index is 12.8. The number of carbonyl (C=O) groups is 3. The molecule has 2 N–H and O–H groups in total. The first-order chi connectivity index (χ1) is 17.9. The quantitative estimate of drug-likeness (QED) is 0.430. The predicted molar refractivity (Wildman–Crippen MR) is 143 cm³/mol. The number of benzene rings is 2. The first-order valence-corrected chi connectivity index (χ1v) is 12.8. The predicted octanol–water partition coefficient (Wildman–Crippen LogP) is 2.81. The van der Waals surface area contributed by atoms with Crippen molar-refractivity contribution in [1.29, 1.82) is 0 Å². The third-order valence-corrected chi connectivity index (χ3v) is 6.73. The Labute approximate surface area is 219 Å². The number of amides is 3. The molecule has 1 atom stereocenters. The molecule has 2 aromatic carbocycles. The first-order valence-electron chi connectivity index (χ1n) is 12.8. The minimum Gasteiger partial charge on any atom is -0.493 e. The Morgan fingerprint density at radius 2 is 1.73 bits per heavy atom. The van der Waals surface area contributed by atoms with Gasteiger partial charge in [-0.15, -0.1) is 0 Å². The zero-order chi connectivity index (χ0) is 26.8. The van der Waals surface area contributed by atoms with Gasteiger partial charge in [0, 0.05) is 43.9 Å². The Kier molecular flexibility index (Phi) is 10.3. The highest BCUT2D eigenvalue weighted by Crippen LogP contribution is 2.28. The van der Waals surface area contributed by atoms with Gasteiger partial charge in [0.2, 0.25) is 11.8 Å². The fraction of sp³-hybridized carbons (Fsp3) is 0.464. The van der Waals surface area contributed by atoms with E-state index in [9.17, 15) is 14.4 Å². The number of hydrogen-bond donors (Lipinski definition) is 2. The summed E-state index contributed by atoms with van der Waals surface area (Å²) in [4.78, 5) is 41.7. The SMILES string of the molecule is CCN(CC)CCNC(=O)c1ccc(NC(=O)[C@@H]2CC(=O)N(CCc3ccc(OC)c(OC)c3)C2)cc1. The number of hydrogen-bond acceptors (Lipinski definition) is 6. The molecule has 3 amide bonds. The minimum atomic E-state index is -0.416. The summed E-state index contributed by atoms with van der Waals surface area (Å²) in [5, 5.41) is 5.80. The van der Waals surface area contributed by atoms with Crippen LogP contribution in [0.3, 0.4) is 0 Å². The van der Waals surface area contributed by atoms with Crippen LogP contribution in [0.15, 0.2) is 42.5 Å². The number of likely N-dealkylation sites (N-methyl/N-ethyl adjacent to an activating group) is 1. The number of likely N-dealkylation sites (tertiary alicyclic amines) is 1. The van der Waals surface area contributed by atoms with Crippen molar-refractivity contribution in [1.82, 2.24) is 15.1 Å². The zero-order valence-electron chi connectivity index (χ0n) is 22.2. The Balaban J connectivity index is 1.47. The monoisotopic (exact) mass is 510 g/mol. The molecule has 1 fully saturated rings. The summed E-state index contributed by atoms with van der Waals surface area (Å²) in [7, 11) is 3.18. The largest absolute Gasteiger partial charge is 0.493 e. The Morgan fingerprint density at radius 1 is 1.03 bits per heavy atom. The summed E-state index contributed by atoms with van der Waals surface area (Å²) in [6.45, 7) is 8.37. The topological polar surface area (TPSA) is 100 Å². The zero-order valence-corrected chi connectivity index (χ0v) is 22.2. The molecule has 2 aromatic rings. The molecule has 9 heteroatoms.